The normalized spacial score (nSPS) is 15.9. The highest BCUT2D eigenvalue weighted by molar-refractivity contribution is 6.20. The summed E-state index contributed by atoms with van der Waals surface area (Å²) in [6.45, 7) is 1.48. The summed E-state index contributed by atoms with van der Waals surface area (Å²) >= 11 is 5.73. The maximum atomic E-state index is 9.54. The average Bonchev–Trinajstić information content (AvgIpc) is 2.45. The Morgan fingerprint density at radius 3 is 2.85 bits per heavy atom. The van der Waals surface area contributed by atoms with E-state index in [9.17, 15) is 5.11 Å². The van der Waals surface area contributed by atoms with E-state index in [2.05, 4.69) is 5.10 Å². The quantitative estimate of drug-likeness (QED) is 0.708. The van der Waals surface area contributed by atoms with Crippen molar-refractivity contribution in [2.45, 2.75) is 12.1 Å². The van der Waals surface area contributed by atoms with Crippen LogP contribution in [-0.4, -0.2) is 14.9 Å². The minimum Gasteiger partial charge on any atom is -0.357 e. The smallest absolute Gasteiger partial charge is 0.233 e. The molecule has 4 heteroatoms. The van der Waals surface area contributed by atoms with Gasteiger partial charge in [0.25, 0.3) is 0 Å². The van der Waals surface area contributed by atoms with Crippen LogP contribution < -0.4 is 0 Å². The second-order valence-corrected chi connectivity index (χ2v) is 3.74. The number of hydrogen-bond donors (Lipinski definition) is 1. The van der Waals surface area contributed by atoms with Crippen LogP contribution in [0.15, 0.2) is 30.5 Å². The SMILES string of the molecule is CC(O)(Cl)n1ncc2ccccc21. The highest BCUT2D eigenvalue weighted by Gasteiger charge is 2.20. The lowest BCUT2D eigenvalue weighted by Gasteiger charge is -2.15. The largest absolute Gasteiger partial charge is 0.357 e. The van der Waals surface area contributed by atoms with Crippen LogP contribution in [0.5, 0.6) is 0 Å². The summed E-state index contributed by atoms with van der Waals surface area (Å²) in [5, 5.41) is 13.0. The Hall–Kier alpha value is -1.06. The highest BCUT2D eigenvalue weighted by Crippen LogP contribution is 2.22. The first-order valence-electron chi connectivity index (χ1n) is 3.93. The number of benzene rings is 1. The monoisotopic (exact) mass is 196 g/mol. The van der Waals surface area contributed by atoms with Crippen molar-refractivity contribution in [2.75, 3.05) is 0 Å². The molecule has 1 N–H and O–H groups in total. The summed E-state index contributed by atoms with van der Waals surface area (Å²) in [5.41, 5.74) is 0.822. The van der Waals surface area contributed by atoms with Gasteiger partial charge in [-0.1, -0.05) is 29.8 Å². The zero-order valence-corrected chi connectivity index (χ0v) is 7.86. The van der Waals surface area contributed by atoms with E-state index >= 15 is 0 Å². The molecule has 2 aromatic rings. The van der Waals surface area contributed by atoms with Crippen LogP contribution in [0, 0.1) is 0 Å². The molecule has 0 fully saturated rings. The summed E-state index contributed by atoms with van der Waals surface area (Å²) in [7, 11) is 0. The topological polar surface area (TPSA) is 38.0 Å². The number of fused-ring (bicyclic) bond motifs is 1. The predicted octanol–water partition coefficient (Wildman–Crippen LogP) is 1.90. The lowest BCUT2D eigenvalue weighted by Crippen LogP contribution is -2.23. The van der Waals surface area contributed by atoms with Gasteiger partial charge in [-0.25, -0.2) is 4.68 Å². The molecule has 1 aromatic heterocycles. The fraction of sp³-hybridized carbons (Fsp3) is 0.222. The van der Waals surface area contributed by atoms with Crippen molar-refractivity contribution >= 4 is 22.5 Å². The van der Waals surface area contributed by atoms with Crippen molar-refractivity contribution in [1.82, 2.24) is 9.78 Å². The van der Waals surface area contributed by atoms with Gasteiger partial charge in [-0.15, -0.1) is 0 Å². The molecule has 0 aliphatic carbocycles. The molecule has 1 unspecified atom stereocenters. The molecule has 0 aliphatic heterocycles. The summed E-state index contributed by atoms with van der Waals surface area (Å²) in [6, 6.07) is 7.57. The number of halogens is 1. The Morgan fingerprint density at radius 1 is 1.46 bits per heavy atom. The Morgan fingerprint density at radius 2 is 2.15 bits per heavy atom. The van der Waals surface area contributed by atoms with Gasteiger partial charge in [0.05, 0.1) is 11.7 Å². The molecular formula is C9H9ClN2O. The lowest BCUT2D eigenvalue weighted by molar-refractivity contribution is 0.0647. The van der Waals surface area contributed by atoms with Crippen molar-refractivity contribution in [3.8, 4) is 0 Å². The third-order valence-electron chi connectivity index (χ3n) is 1.86. The first kappa shape index (κ1) is 8.53. The molecule has 0 amide bonds. The van der Waals surface area contributed by atoms with Crippen LogP contribution in [0.3, 0.4) is 0 Å². The molecule has 0 aliphatic rings. The molecule has 0 radical (unpaired) electrons. The molecule has 1 aromatic carbocycles. The van der Waals surface area contributed by atoms with E-state index in [1.54, 1.807) is 6.20 Å². The number of aromatic nitrogens is 2. The van der Waals surface area contributed by atoms with Gasteiger partial charge in [-0.05, 0) is 6.07 Å². The number of aliphatic hydroxyl groups is 1. The van der Waals surface area contributed by atoms with Gasteiger partial charge < -0.3 is 5.11 Å². The molecule has 3 nitrogen and oxygen atoms in total. The van der Waals surface area contributed by atoms with Crippen LogP contribution in [0.25, 0.3) is 10.9 Å². The van der Waals surface area contributed by atoms with Gasteiger partial charge in [0, 0.05) is 12.3 Å². The first-order chi connectivity index (χ1) is 6.09. The van der Waals surface area contributed by atoms with E-state index in [0.717, 1.165) is 10.9 Å². The van der Waals surface area contributed by atoms with Crippen LogP contribution >= 0.6 is 11.6 Å². The van der Waals surface area contributed by atoms with Crippen molar-refractivity contribution in [3.63, 3.8) is 0 Å². The van der Waals surface area contributed by atoms with Crippen LogP contribution in [0.2, 0.25) is 0 Å². The fourth-order valence-electron chi connectivity index (χ4n) is 1.30. The minimum atomic E-state index is -1.47. The van der Waals surface area contributed by atoms with Gasteiger partial charge in [0.15, 0.2) is 0 Å². The molecule has 2 rings (SSSR count). The lowest BCUT2D eigenvalue weighted by atomic mass is 10.2. The number of alkyl halides is 1. The molecular weight excluding hydrogens is 188 g/mol. The number of rotatable bonds is 1. The summed E-state index contributed by atoms with van der Waals surface area (Å²) in [5.74, 6) is 0. The summed E-state index contributed by atoms with van der Waals surface area (Å²) in [4.78, 5) is 0. The molecule has 0 saturated carbocycles. The van der Waals surface area contributed by atoms with E-state index < -0.39 is 5.18 Å². The minimum absolute atomic E-state index is 0.822. The molecule has 68 valence electrons. The Kier molecular flexibility index (Phi) is 1.78. The van der Waals surface area contributed by atoms with E-state index in [1.165, 1.54) is 11.6 Å². The van der Waals surface area contributed by atoms with Crippen molar-refractivity contribution in [3.05, 3.63) is 30.5 Å². The Labute approximate surface area is 80.5 Å². The van der Waals surface area contributed by atoms with Crippen molar-refractivity contribution < 1.29 is 5.11 Å². The molecule has 0 spiro atoms. The van der Waals surface area contributed by atoms with Gasteiger partial charge in [0.2, 0.25) is 5.18 Å². The molecule has 13 heavy (non-hydrogen) atoms. The molecule has 1 atom stereocenters. The number of nitrogens with zero attached hydrogens (tertiary/aromatic N) is 2. The van der Waals surface area contributed by atoms with Crippen LogP contribution in [0.4, 0.5) is 0 Å². The van der Waals surface area contributed by atoms with E-state index in [0.29, 0.717) is 0 Å². The third-order valence-corrected chi connectivity index (χ3v) is 2.02. The third kappa shape index (κ3) is 1.41. The van der Waals surface area contributed by atoms with Gasteiger partial charge in [0.1, 0.15) is 0 Å². The average molecular weight is 197 g/mol. The van der Waals surface area contributed by atoms with Crippen LogP contribution in [0.1, 0.15) is 6.92 Å². The van der Waals surface area contributed by atoms with Gasteiger partial charge in [-0.2, -0.15) is 5.10 Å². The number of hydrogen-bond acceptors (Lipinski definition) is 2. The Balaban J connectivity index is 2.72. The van der Waals surface area contributed by atoms with E-state index in [1.807, 2.05) is 24.3 Å². The fourth-order valence-corrected chi connectivity index (χ4v) is 1.43. The molecule has 0 saturated heterocycles. The van der Waals surface area contributed by atoms with Crippen molar-refractivity contribution in [1.29, 1.82) is 0 Å². The molecule has 1 heterocycles. The van der Waals surface area contributed by atoms with Gasteiger partial charge in [-0.3, -0.25) is 0 Å². The van der Waals surface area contributed by atoms with E-state index in [-0.39, 0.29) is 0 Å². The van der Waals surface area contributed by atoms with Gasteiger partial charge >= 0.3 is 0 Å². The first-order valence-corrected chi connectivity index (χ1v) is 4.31. The highest BCUT2D eigenvalue weighted by atomic mass is 35.5. The second-order valence-electron chi connectivity index (χ2n) is 3.02. The zero-order valence-electron chi connectivity index (χ0n) is 7.11. The number of para-hydroxylation sites is 1. The Bertz CT molecular complexity index is 430. The van der Waals surface area contributed by atoms with Crippen molar-refractivity contribution in [2.24, 2.45) is 0 Å². The zero-order chi connectivity index (χ0) is 9.47. The standard InChI is InChI=1S/C9H9ClN2O/c1-9(10,13)12-8-5-3-2-4-7(8)6-11-12/h2-6,13H,1H3. The summed E-state index contributed by atoms with van der Waals surface area (Å²) < 4.78 is 1.38. The second kappa shape index (κ2) is 2.72. The maximum absolute atomic E-state index is 9.54. The van der Waals surface area contributed by atoms with Crippen LogP contribution in [-0.2, 0) is 5.18 Å². The summed E-state index contributed by atoms with van der Waals surface area (Å²) in [6.07, 6.45) is 1.67. The maximum Gasteiger partial charge on any atom is 0.233 e. The predicted molar refractivity (Wildman–Crippen MR) is 51.5 cm³/mol. The molecule has 0 bridgehead atoms. The van der Waals surface area contributed by atoms with E-state index in [4.69, 9.17) is 11.6 Å².